The highest BCUT2D eigenvalue weighted by Gasteiger charge is 2.35. The van der Waals surface area contributed by atoms with E-state index in [0.717, 1.165) is 17.5 Å². The Labute approximate surface area is 134 Å². The molecule has 1 aliphatic heterocycles. The molecule has 0 saturated carbocycles. The summed E-state index contributed by atoms with van der Waals surface area (Å²) < 4.78 is 5.57. The zero-order chi connectivity index (χ0) is 16.3. The molecule has 1 atom stereocenters. The zero-order valence-corrected chi connectivity index (χ0v) is 13.4. The molecule has 3 rings (SSSR count). The molecule has 0 aliphatic carbocycles. The van der Waals surface area contributed by atoms with E-state index in [1.807, 2.05) is 24.3 Å². The van der Waals surface area contributed by atoms with Gasteiger partial charge >= 0.3 is 0 Å². The molecule has 0 radical (unpaired) electrons. The van der Waals surface area contributed by atoms with Crippen LogP contribution in [0.4, 0.5) is 0 Å². The second kappa shape index (κ2) is 6.45. The summed E-state index contributed by atoms with van der Waals surface area (Å²) in [5.41, 5.74) is 2.07. The highest BCUT2D eigenvalue weighted by atomic mass is 16.5. The van der Waals surface area contributed by atoms with Crippen LogP contribution in [0.3, 0.4) is 0 Å². The predicted molar refractivity (Wildman–Crippen MR) is 84.5 cm³/mol. The van der Waals surface area contributed by atoms with Crippen molar-refractivity contribution >= 4 is 5.91 Å². The van der Waals surface area contributed by atoms with Crippen LogP contribution < -0.4 is 5.32 Å². The van der Waals surface area contributed by atoms with Crippen LogP contribution in [0.15, 0.2) is 24.3 Å². The maximum atomic E-state index is 12.2. The highest BCUT2D eigenvalue weighted by molar-refractivity contribution is 5.81. The van der Waals surface area contributed by atoms with Crippen molar-refractivity contribution in [1.29, 1.82) is 0 Å². The summed E-state index contributed by atoms with van der Waals surface area (Å²) in [6, 6.07) is 7.85. The van der Waals surface area contributed by atoms with Gasteiger partial charge in [0.25, 0.3) is 0 Å². The summed E-state index contributed by atoms with van der Waals surface area (Å²) in [6.45, 7) is 5.41. The van der Waals surface area contributed by atoms with Gasteiger partial charge in [0.15, 0.2) is 0 Å². The lowest BCUT2D eigenvalue weighted by Crippen LogP contribution is -2.35. The van der Waals surface area contributed by atoms with Gasteiger partial charge in [-0.15, -0.1) is 10.2 Å². The van der Waals surface area contributed by atoms with Crippen molar-refractivity contribution in [2.75, 3.05) is 13.2 Å². The van der Waals surface area contributed by atoms with Crippen molar-refractivity contribution in [2.45, 2.75) is 32.8 Å². The first-order valence-corrected chi connectivity index (χ1v) is 7.76. The van der Waals surface area contributed by atoms with Crippen molar-refractivity contribution in [2.24, 2.45) is 5.41 Å². The van der Waals surface area contributed by atoms with Crippen LogP contribution in [0.1, 0.15) is 25.8 Å². The number of rotatable bonds is 5. The predicted octanol–water partition coefficient (Wildman–Crippen LogP) is 1.34. The Morgan fingerprint density at radius 1 is 1.43 bits per heavy atom. The summed E-state index contributed by atoms with van der Waals surface area (Å²) in [4.78, 5) is 12.2. The van der Waals surface area contributed by atoms with Crippen molar-refractivity contribution in [3.63, 3.8) is 0 Å². The number of amides is 1. The van der Waals surface area contributed by atoms with Crippen LogP contribution in [0.2, 0.25) is 0 Å². The van der Waals surface area contributed by atoms with E-state index in [0.29, 0.717) is 25.4 Å². The molecule has 1 unspecified atom stereocenters. The molecule has 2 N–H and O–H groups in total. The number of H-pyrrole nitrogens is 1. The van der Waals surface area contributed by atoms with E-state index in [1.165, 1.54) is 0 Å². The minimum atomic E-state index is -0.336. The van der Waals surface area contributed by atoms with Crippen LogP contribution in [0.25, 0.3) is 11.4 Å². The first kappa shape index (κ1) is 15.6. The largest absolute Gasteiger partial charge is 0.368 e. The quantitative estimate of drug-likeness (QED) is 0.868. The van der Waals surface area contributed by atoms with Crippen LogP contribution in [0.5, 0.6) is 0 Å². The molecule has 7 heteroatoms. The van der Waals surface area contributed by atoms with Crippen molar-refractivity contribution in [1.82, 2.24) is 25.9 Å². The fraction of sp³-hybridized carbons (Fsp3) is 0.500. The van der Waals surface area contributed by atoms with E-state index >= 15 is 0 Å². The van der Waals surface area contributed by atoms with Gasteiger partial charge in [-0.2, -0.15) is 5.21 Å². The number of nitrogens with zero attached hydrogens (tertiary/aromatic N) is 3. The van der Waals surface area contributed by atoms with Gasteiger partial charge in [-0.25, -0.2) is 0 Å². The minimum Gasteiger partial charge on any atom is -0.368 e. The molecule has 1 saturated heterocycles. The number of nitrogens with one attached hydrogen (secondary N) is 2. The van der Waals surface area contributed by atoms with Crippen LogP contribution >= 0.6 is 0 Å². The Bertz CT molecular complexity index is 669. The number of aromatic amines is 1. The van der Waals surface area contributed by atoms with E-state index in [9.17, 15) is 4.79 Å². The maximum Gasteiger partial charge on any atom is 0.249 e. The second-order valence-electron chi connectivity index (χ2n) is 6.60. The van der Waals surface area contributed by atoms with E-state index < -0.39 is 0 Å². The summed E-state index contributed by atoms with van der Waals surface area (Å²) in [5, 5.41) is 17.0. The van der Waals surface area contributed by atoms with Crippen LogP contribution in [-0.4, -0.2) is 45.8 Å². The molecule has 1 amide bonds. The summed E-state index contributed by atoms with van der Waals surface area (Å²) in [7, 11) is 0. The van der Waals surface area contributed by atoms with E-state index in [4.69, 9.17) is 4.74 Å². The second-order valence-corrected chi connectivity index (χ2v) is 6.60. The number of carbonyl (C=O) groups excluding carboxylic acids is 1. The highest BCUT2D eigenvalue weighted by Crippen LogP contribution is 2.31. The number of tetrazole rings is 1. The number of hydrogen-bond donors (Lipinski definition) is 2. The number of carbonyl (C=O) groups is 1. The summed E-state index contributed by atoms with van der Waals surface area (Å²) in [6.07, 6.45) is 1.13. The number of benzene rings is 1. The molecule has 1 fully saturated rings. The van der Waals surface area contributed by atoms with Crippen LogP contribution in [-0.2, 0) is 16.0 Å². The van der Waals surface area contributed by atoms with Gasteiger partial charge in [0.05, 0.1) is 6.61 Å². The lowest BCUT2D eigenvalue weighted by molar-refractivity contribution is -0.129. The molecule has 0 spiro atoms. The van der Waals surface area contributed by atoms with Gasteiger partial charge in [-0.1, -0.05) is 38.1 Å². The molecule has 1 aromatic heterocycles. The molecule has 0 bridgehead atoms. The number of aromatic nitrogens is 4. The first-order chi connectivity index (χ1) is 11.1. The summed E-state index contributed by atoms with van der Waals surface area (Å²) in [5.74, 6) is 0.528. The molecule has 2 aromatic rings. The van der Waals surface area contributed by atoms with Gasteiger partial charge < -0.3 is 10.1 Å². The smallest absolute Gasteiger partial charge is 0.249 e. The number of hydrogen-bond acceptors (Lipinski definition) is 5. The average Bonchev–Trinajstić information content (AvgIpc) is 3.17. The third-order valence-electron chi connectivity index (χ3n) is 4.00. The molecular formula is C16H21N5O2. The topological polar surface area (TPSA) is 92.8 Å². The average molecular weight is 315 g/mol. The molecule has 23 heavy (non-hydrogen) atoms. The van der Waals surface area contributed by atoms with E-state index in [-0.39, 0.29) is 17.4 Å². The Morgan fingerprint density at radius 3 is 2.96 bits per heavy atom. The first-order valence-electron chi connectivity index (χ1n) is 7.76. The lowest BCUT2D eigenvalue weighted by Gasteiger charge is -2.14. The van der Waals surface area contributed by atoms with Gasteiger partial charge in [0.2, 0.25) is 11.7 Å². The number of ether oxygens (including phenoxy) is 1. The van der Waals surface area contributed by atoms with Gasteiger partial charge in [-0.3, -0.25) is 4.79 Å². The molecular weight excluding hydrogens is 294 g/mol. The van der Waals surface area contributed by atoms with Gasteiger partial charge in [0.1, 0.15) is 6.10 Å². The van der Waals surface area contributed by atoms with Crippen LogP contribution in [0, 0.1) is 5.41 Å². The normalized spacial score (nSPS) is 19.7. The third kappa shape index (κ3) is 3.73. The fourth-order valence-electron chi connectivity index (χ4n) is 2.78. The summed E-state index contributed by atoms with van der Waals surface area (Å²) >= 11 is 0. The molecule has 2 heterocycles. The third-order valence-corrected chi connectivity index (χ3v) is 4.00. The minimum absolute atomic E-state index is 0.0346. The SMILES string of the molecule is CC1(C)COC(C(=O)NCCc2ccccc2-c2nn[nH]n2)C1. The van der Waals surface area contributed by atoms with Gasteiger partial charge in [0, 0.05) is 12.1 Å². The lowest BCUT2D eigenvalue weighted by atomic mass is 9.90. The Morgan fingerprint density at radius 2 is 2.26 bits per heavy atom. The Kier molecular flexibility index (Phi) is 4.38. The standard InChI is InChI=1S/C16H21N5O2/c1-16(2)9-13(23-10-16)15(22)17-8-7-11-5-3-4-6-12(11)14-18-20-21-19-14/h3-6,13H,7-10H2,1-2H3,(H,17,22)(H,18,19,20,21). The van der Waals surface area contributed by atoms with Gasteiger partial charge in [-0.05, 0) is 29.0 Å². The van der Waals surface area contributed by atoms with Crippen molar-refractivity contribution in [3.8, 4) is 11.4 Å². The molecule has 7 nitrogen and oxygen atoms in total. The fourth-order valence-corrected chi connectivity index (χ4v) is 2.78. The monoisotopic (exact) mass is 315 g/mol. The molecule has 122 valence electrons. The van der Waals surface area contributed by atoms with E-state index in [1.54, 1.807) is 0 Å². The maximum absolute atomic E-state index is 12.2. The van der Waals surface area contributed by atoms with E-state index in [2.05, 4.69) is 39.8 Å². The Hall–Kier alpha value is -2.28. The molecule has 1 aromatic carbocycles. The zero-order valence-electron chi connectivity index (χ0n) is 13.4. The van der Waals surface area contributed by atoms with Crippen molar-refractivity contribution in [3.05, 3.63) is 29.8 Å². The molecule has 1 aliphatic rings. The van der Waals surface area contributed by atoms with Crippen molar-refractivity contribution < 1.29 is 9.53 Å². The Balaban J connectivity index is 1.56.